The molecule has 1 unspecified atom stereocenters. The molecule has 5 N–H and O–H groups in total. The van der Waals surface area contributed by atoms with Gasteiger partial charge >= 0.3 is 12.1 Å². The first-order chi connectivity index (χ1) is 7.00. The van der Waals surface area contributed by atoms with Gasteiger partial charge in [0.25, 0.3) is 0 Å². The van der Waals surface area contributed by atoms with Crippen LogP contribution in [0.5, 0.6) is 0 Å². The van der Waals surface area contributed by atoms with Crippen LogP contribution in [-0.4, -0.2) is 46.5 Å². The fourth-order valence-corrected chi connectivity index (χ4v) is 0.589. The SMILES string of the molecule is CC(N)(C(=O)NC[C@H](O)C(=O)O)C(F)(F)F. The fraction of sp³-hybridized carbons (Fsp3) is 0.714. The summed E-state index contributed by atoms with van der Waals surface area (Å²) in [6.07, 6.45) is -6.95. The third kappa shape index (κ3) is 3.35. The highest BCUT2D eigenvalue weighted by Gasteiger charge is 2.53. The van der Waals surface area contributed by atoms with Crippen LogP contribution in [0.4, 0.5) is 13.2 Å². The number of nitrogens with two attached hydrogens (primary N) is 1. The van der Waals surface area contributed by atoms with Gasteiger partial charge in [-0.3, -0.25) is 4.79 Å². The number of alkyl halides is 3. The summed E-state index contributed by atoms with van der Waals surface area (Å²) in [6.45, 7) is -0.410. The van der Waals surface area contributed by atoms with Crippen molar-refractivity contribution in [2.75, 3.05) is 6.54 Å². The molecule has 9 heteroatoms. The van der Waals surface area contributed by atoms with Crippen molar-refractivity contribution in [1.29, 1.82) is 0 Å². The number of halogens is 3. The topological polar surface area (TPSA) is 113 Å². The van der Waals surface area contributed by atoms with Gasteiger partial charge in [-0.25, -0.2) is 4.79 Å². The van der Waals surface area contributed by atoms with Gasteiger partial charge < -0.3 is 21.3 Å². The molecule has 0 aromatic carbocycles. The van der Waals surface area contributed by atoms with Gasteiger partial charge in [0.15, 0.2) is 11.6 Å². The van der Waals surface area contributed by atoms with Gasteiger partial charge in [0.05, 0.1) is 6.54 Å². The van der Waals surface area contributed by atoms with Crippen molar-refractivity contribution in [2.24, 2.45) is 5.73 Å². The molecule has 0 radical (unpaired) electrons. The molecule has 94 valence electrons. The zero-order valence-electron chi connectivity index (χ0n) is 8.21. The first-order valence-corrected chi connectivity index (χ1v) is 4.05. The van der Waals surface area contributed by atoms with Crippen LogP contribution in [-0.2, 0) is 9.59 Å². The van der Waals surface area contributed by atoms with Gasteiger partial charge in [-0.1, -0.05) is 0 Å². The van der Waals surface area contributed by atoms with Crippen LogP contribution in [0, 0.1) is 0 Å². The number of aliphatic hydroxyl groups excluding tert-OH is 1. The lowest BCUT2D eigenvalue weighted by Crippen LogP contribution is -2.62. The van der Waals surface area contributed by atoms with E-state index in [4.69, 9.17) is 15.9 Å². The summed E-state index contributed by atoms with van der Waals surface area (Å²) in [5, 5.41) is 18.5. The van der Waals surface area contributed by atoms with Gasteiger partial charge in [-0.15, -0.1) is 0 Å². The van der Waals surface area contributed by atoms with E-state index >= 15 is 0 Å². The van der Waals surface area contributed by atoms with E-state index in [1.807, 2.05) is 0 Å². The lowest BCUT2D eigenvalue weighted by Gasteiger charge is -2.26. The van der Waals surface area contributed by atoms with Gasteiger partial charge in [0.1, 0.15) is 0 Å². The zero-order valence-corrected chi connectivity index (χ0v) is 8.21. The normalized spacial score (nSPS) is 17.4. The number of carbonyl (C=O) groups is 2. The molecule has 0 aromatic heterocycles. The van der Waals surface area contributed by atoms with E-state index in [9.17, 15) is 22.8 Å². The van der Waals surface area contributed by atoms with E-state index < -0.39 is 36.2 Å². The highest BCUT2D eigenvalue weighted by atomic mass is 19.4. The molecule has 0 spiro atoms. The number of carboxylic acids is 1. The minimum atomic E-state index is -4.97. The number of carboxylic acid groups (broad SMARTS) is 1. The molecular weight excluding hydrogens is 233 g/mol. The summed E-state index contributed by atoms with van der Waals surface area (Å²) in [5.74, 6) is -3.27. The van der Waals surface area contributed by atoms with Gasteiger partial charge in [0, 0.05) is 0 Å². The average Bonchev–Trinajstić information content (AvgIpc) is 2.11. The van der Waals surface area contributed by atoms with E-state index in [0.29, 0.717) is 6.92 Å². The van der Waals surface area contributed by atoms with Crippen molar-refractivity contribution >= 4 is 11.9 Å². The molecule has 0 saturated heterocycles. The largest absolute Gasteiger partial charge is 0.479 e. The number of aliphatic carboxylic acids is 1. The summed E-state index contributed by atoms with van der Waals surface area (Å²) < 4.78 is 36.6. The van der Waals surface area contributed by atoms with E-state index in [1.165, 1.54) is 0 Å². The first-order valence-electron chi connectivity index (χ1n) is 4.05. The molecule has 0 aliphatic rings. The van der Waals surface area contributed by atoms with Crippen molar-refractivity contribution < 1.29 is 33.0 Å². The minimum Gasteiger partial charge on any atom is -0.479 e. The van der Waals surface area contributed by atoms with E-state index in [1.54, 1.807) is 5.32 Å². The molecule has 0 aliphatic carbocycles. The molecule has 1 amide bonds. The predicted molar refractivity (Wildman–Crippen MR) is 45.3 cm³/mol. The summed E-state index contributed by atoms with van der Waals surface area (Å²) in [4.78, 5) is 21.1. The molecule has 0 rings (SSSR count). The maximum atomic E-state index is 12.2. The number of carbonyl (C=O) groups excluding carboxylic acids is 1. The summed E-state index contributed by atoms with van der Waals surface area (Å²) >= 11 is 0. The van der Waals surface area contributed by atoms with E-state index in [0.717, 1.165) is 0 Å². The maximum absolute atomic E-state index is 12.2. The first kappa shape index (κ1) is 14.6. The van der Waals surface area contributed by atoms with Crippen LogP contribution in [0.2, 0.25) is 0 Å². The van der Waals surface area contributed by atoms with Crippen molar-refractivity contribution in [3.8, 4) is 0 Å². The Bertz CT molecular complexity index is 290. The Kier molecular flexibility index (Phi) is 4.27. The van der Waals surface area contributed by atoms with Crippen molar-refractivity contribution in [3.05, 3.63) is 0 Å². The molecule has 0 aromatic rings. The van der Waals surface area contributed by atoms with Gasteiger partial charge in [-0.2, -0.15) is 13.2 Å². The van der Waals surface area contributed by atoms with Crippen LogP contribution in [0.25, 0.3) is 0 Å². The van der Waals surface area contributed by atoms with Crippen molar-refractivity contribution in [1.82, 2.24) is 5.32 Å². The second-order valence-corrected chi connectivity index (χ2v) is 3.26. The number of nitrogens with one attached hydrogen (secondary N) is 1. The average molecular weight is 244 g/mol. The highest BCUT2D eigenvalue weighted by Crippen LogP contribution is 2.27. The van der Waals surface area contributed by atoms with Crippen molar-refractivity contribution in [2.45, 2.75) is 24.7 Å². The number of hydrogen-bond acceptors (Lipinski definition) is 4. The molecule has 16 heavy (non-hydrogen) atoms. The van der Waals surface area contributed by atoms with Crippen LogP contribution in [0.3, 0.4) is 0 Å². The quantitative estimate of drug-likeness (QED) is 0.497. The second kappa shape index (κ2) is 4.66. The monoisotopic (exact) mass is 244 g/mol. The zero-order chi connectivity index (χ0) is 13.1. The molecule has 0 fully saturated rings. The van der Waals surface area contributed by atoms with Gasteiger partial charge in [0.2, 0.25) is 5.91 Å². The Morgan fingerprint density at radius 2 is 1.88 bits per heavy atom. The maximum Gasteiger partial charge on any atom is 0.415 e. The molecule has 0 heterocycles. The Morgan fingerprint density at radius 1 is 1.44 bits per heavy atom. The third-order valence-electron chi connectivity index (χ3n) is 1.80. The number of aliphatic hydroxyl groups is 1. The smallest absolute Gasteiger partial charge is 0.415 e. The molecule has 6 nitrogen and oxygen atoms in total. The van der Waals surface area contributed by atoms with Crippen molar-refractivity contribution in [3.63, 3.8) is 0 Å². The van der Waals surface area contributed by atoms with E-state index in [2.05, 4.69) is 0 Å². The summed E-state index contributed by atoms with van der Waals surface area (Å²) in [6, 6.07) is 0. The molecular formula is C7H11F3N2O4. The Balaban J connectivity index is 4.44. The standard InChI is InChI=1S/C7H11F3N2O4/c1-6(11,7(8,9)10)5(16)12-2-3(13)4(14)15/h3,13H,2,11H2,1H3,(H,12,16)(H,14,15)/t3-,6?/m0/s1. The number of rotatable bonds is 4. The Labute approximate surface area is 88.2 Å². The Morgan fingerprint density at radius 3 is 2.19 bits per heavy atom. The van der Waals surface area contributed by atoms with Crippen LogP contribution >= 0.6 is 0 Å². The molecule has 0 aliphatic heterocycles. The molecule has 0 saturated carbocycles. The molecule has 2 atom stereocenters. The number of hydrogen-bond donors (Lipinski definition) is 4. The minimum absolute atomic E-state index is 0.440. The van der Waals surface area contributed by atoms with Gasteiger partial charge in [-0.05, 0) is 6.92 Å². The lowest BCUT2D eigenvalue weighted by molar-refractivity contribution is -0.187. The lowest BCUT2D eigenvalue weighted by atomic mass is 10.0. The second-order valence-electron chi connectivity index (χ2n) is 3.26. The summed E-state index contributed by atoms with van der Waals surface area (Å²) in [7, 11) is 0. The fourth-order valence-electron chi connectivity index (χ4n) is 0.589. The van der Waals surface area contributed by atoms with Crippen LogP contribution in [0.15, 0.2) is 0 Å². The molecule has 0 bridgehead atoms. The van der Waals surface area contributed by atoms with Crippen LogP contribution < -0.4 is 11.1 Å². The van der Waals surface area contributed by atoms with Crippen LogP contribution in [0.1, 0.15) is 6.92 Å². The highest BCUT2D eigenvalue weighted by molar-refractivity contribution is 5.87. The van der Waals surface area contributed by atoms with E-state index in [-0.39, 0.29) is 0 Å². The number of amides is 1. The third-order valence-corrected chi connectivity index (χ3v) is 1.80. The predicted octanol–water partition coefficient (Wildman–Crippen LogP) is -1.17. The summed E-state index contributed by atoms with van der Waals surface area (Å²) in [5.41, 5.74) is 1.60. The Hall–Kier alpha value is -1.35.